The highest BCUT2D eigenvalue weighted by molar-refractivity contribution is 6.07. The number of carbonyl (C=O) groups excluding carboxylic acids is 1. The summed E-state index contributed by atoms with van der Waals surface area (Å²) in [6, 6.07) is 13.2. The number of carboxylic acid groups (broad SMARTS) is 1. The van der Waals surface area contributed by atoms with E-state index in [1.165, 1.54) is 0 Å². The standard InChI is InChI=1S/C29H29F3N2O6/c1-16-11-19(39-15-20-14-34(4)23-7-5-6-8-24(23)40-20)12-17(2)25(16)26(35)33-22-13-18(28(3,38)27(36)37)9-10-21(22)29(30,31)32/h5-13,20,38H,14-15H2,1-4H3,(H,33,35)(H,36,37). The molecule has 3 aromatic rings. The van der Waals surface area contributed by atoms with Crippen LogP contribution in [0.25, 0.3) is 0 Å². The number of nitrogens with zero attached hydrogens (tertiary/aromatic N) is 1. The number of anilines is 2. The molecule has 212 valence electrons. The Bertz CT molecular complexity index is 1430. The average molecular weight is 559 g/mol. The molecule has 0 fully saturated rings. The summed E-state index contributed by atoms with van der Waals surface area (Å²) in [5.41, 5.74) is -2.60. The molecule has 8 nitrogen and oxygen atoms in total. The van der Waals surface area contributed by atoms with Crippen molar-refractivity contribution in [2.75, 3.05) is 30.4 Å². The normalized spacial score (nSPS) is 16.4. The summed E-state index contributed by atoms with van der Waals surface area (Å²) in [4.78, 5) is 26.7. The molecule has 1 heterocycles. The molecule has 0 aromatic heterocycles. The number of carboxylic acids is 1. The van der Waals surface area contributed by atoms with Gasteiger partial charge in [-0.05, 0) is 73.9 Å². The number of fused-ring (bicyclic) bond motifs is 1. The van der Waals surface area contributed by atoms with Crippen LogP contribution >= 0.6 is 0 Å². The van der Waals surface area contributed by atoms with Crippen LogP contribution in [0.5, 0.6) is 11.5 Å². The van der Waals surface area contributed by atoms with E-state index in [9.17, 15) is 33.0 Å². The molecule has 0 saturated heterocycles. The first kappa shape index (κ1) is 28.8. The van der Waals surface area contributed by atoms with Gasteiger partial charge in [0.25, 0.3) is 5.91 Å². The number of aliphatic hydroxyl groups is 1. The van der Waals surface area contributed by atoms with E-state index in [-0.39, 0.29) is 23.8 Å². The third-order valence-electron chi connectivity index (χ3n) is 6.77. The Balaban J connectivity index is 1.54. The Labute approximate surface area is 228 Å². The van der Waals surface area contributed by atoms with Crippen molar-refractivity contribution in [3.8, 4) is 11.5 Å². The fourth-order valence-electron chi connectivity index (χ4n) is 4.64. The van der Waals surface area contributed by atoms with E-state index in [0.29, 0.717) is 29.5 Å². The number of para-hydroxylation sites is 2. The highest BCUT2D eigenvalue weighted by atomic mass is 19.4. The van der Waals surface area contributed by atoms with Gasteiger partial charge in [0.1, 0.15) is 24.2 Å². The molecular formula is C29H29F3N2O6. The number of hydrogen-bond donors (Lipinski definition) is 3. The quantitative estimate of drug-likeness (QED) is 0.368. The maximum atomic E-state index is 13.7. The number of alkyl halides is 3. The van der Waals surface area contributed by atoms with Gasteiger partial charge >= 0.3 is 12.1 Å². The summed E-state index contributed by atoms with van der Waals surface area (Å²) in [6.45, 7) is 5.03. The van der Waals surface area contributed by atoms with E-state index >= 15 is 0 Å². The summed E-state index contributed by atoms with van der Waals surface area (Å²) >= 11 is 0. The molecule has 3 N–H and O–H groups in total. The number of likely N-dealkylation sites (N-methyl/N-ethyl adjacent to an activating group) is 1. The van der Waals surface area contributed by atoms with Crippen molar-refractivity contribution >= 4 is 23.3 Å². The Morgan fingerprint density at radius 2 is 1.75 bits per heavy atom. The molecule has 3 aromatic carbocycles. The maximum Gasteiger partial charge on any atom is 0.418 e. The molecule has 0 spiro atoms. The van der Waals surface area contributed by atoms with Gasteiger partial charge in [0, 0.05) is 12.6 Å². The number of rotatable bonds is 7. The molecule has 2 atom stereocenters. The van der Waals surface area contributed by atoms with Crippen LogP contribution in [0.15, 0.2) is 54.6 Å². The number of ether oxygens (including phenoxy) is 2. The smallest absolute Gasteiger partial charge is 0.418 e. The Morgan fingerprint density at radius 1 is 1.10 bits per heavy atom. The fourth-order valence-corrected chi connectivity index (χ4v) is 4.64. The molecule has 0 saturated carbocycles. The lowest BCUT2D eigenvalue weighted by Gasteiger charge is -2.33. The van der Waals surface area contributed by atoms with Crippen LogP contribution in [0.4, 0.5) is 24.5 Å². The molecule has 1 aliphatic rings. The van der Waals surface area contributed by atoms with Crippen molar-refractivity contribution in [3.05, 3.63) is 82.4 Å². The van der Waals surface area contributed by atoms with Gasteiger partial charge in [0.15, 0.2) is 5.60 Å². The third-order valence-corrected chi connectivity index (χ3v) is 6.77. The Kier molecular flexibility index (Phi) is 7.71. The van der Waals surface area contributed by atoms with Crippen molar-refractivity contribution in [1.82, 2.24) is 0 Å². The van der Waals surface area contributed by atoms with E-state index in [1.807, 2.05) is 31.3 Å². The first-order valence-corrected chi connectivity index (χ1v) is 12.4. The van der Waals surface area contributed by atoms with Crippen LogP contribution in [-0.2, 0) is 16.6 Å². The number of aryl methyl sites for hydroxylation is 2. The second-order valence-corrected chi connectivity index (χ2v) is 9.92. The van der Waals surface area contributed by atoms with Crippen LogP contribution in [0.1, 0.15) is 39.5 Å². The number of aliphatic carboxylic acids is 1. The first-order valence-electron chi connectivity index (χ1n) is 12.4. The van der Waals surface area contributed by atoms with E-state index < -0.39 is 34.9 Å². The molecule has 0 bridgehead atoms. The van der Waals surface area contributed by atoms with Crippen molar-refractivity contribution in [1.29, 1.82) is 0 Å². The zero-order valence-corrected chi connectivity index (χ0v) is 22.3. The van der Waals surface area contributed by atoms with Crippen LogP contribution in [-0.4, -0.2) is 48.4 Å². The molecule has 1 amide bonds. The fraction of sp³-hybridized carbons (Fsp3) is 0.310. The number of nitrogens with one attached hydrogen (secondary N) is 1. The van der Waals surface area contributed by atoms with Gasteiger partial charge in [0.2, 0.25) is 0 Å². The molecule has 2 unspecified atom stereocenters. The summed E-state index contributed by atoms with van der Waals surface area (Å²) in [5.74, 6) is -1.27. The zero-order chi connectivity index (χ0) is 29.4. The van der Waals surface area contributed by atoms with Crippen molar-refractivity contribution < 1.29 is 42.4 Å². The highest BCUT2D eigenvalue weighted by Gasteiger charge is 2.38. The largest absolute Gasteiger partial charge is 0.490 e. The first-order chi connectivity index (χ1) is 18.7. The minimum absolute atomic E-state index is 0.137. The second kappa shape index (κ2) is 10.7. The van der Waals surface area contributed by atoms with Gasteiger partial charge in [-0.1, -0.05) is 18.2 Å². The van der Waals surface area contributed by atoms with Crippen molar-refractivity contribution in [2.24, 2.45) is 0 Å². The Hall–Kier alpha value is -4.25. The van der Waals surface area contributed by atoms with Crippen LogP contribution < -0.4 is 19.7 Å². The number of benzene rings is 3. The summed E-state index contributed by atoms with van der Waals surface area (Å²) in [7, 11) is 1.96. The van der Waals surface area contributed by atoms with Crippen molar-refractivity contribution in [3.63, 3.8) is 0 Å². The van der Waals surface area contributed by atoms with Crippen molar-refractivity contribution in [2.45, 2.75) is 38.7 Å². The van der Waals surface area contributed by atoms with Crippen LogP contribution in [0, 0.1) is 13.8 Å². The van der Waals surface area contributed by atoms with E-state index in [4.69, 9.17) is 9.47 Å². The lowest BCUT2D eigenvalue weighted by Crippen LogP contribution is -2.41. The van der Waals surface area contributed by atoms with Gasteiger partial charge in [-0.25, -0.2) is 4.79 Å². The van der Waals surface area contributed by atoms with Gasteiger partial charge < -0.3 is 29.9 Å². The van der Waals surface area contributed by atoms with Gasteiger partial charge in [-0.2, -0.15) is 13.2 Å². The number of hydrogen-bond acceptors (Lipinski definition) is 6. The topological polar surface area (TPSA) is 108 Å². The minimum Gasteiger partial charge on any atom is -0.490 e. The summed E-state index contributed by atoms with van der Waals surface area (Å²) < 4.78 is 53.0. The molecule has 0 radical (unpaired) electrons. The number of halogens is 3. The predicted octanol–water partition coefficient (Wildman–Crippen LogP) is 5.14. The van der Waals surface area contributed by atoms with E-state index in [2.05, 4.69) is 10.2 Å². The molecule has 1 aliphatic heterocycles. The minimum atomic E-state index is -4.84. The van der Waals surface area contributed by atoms with Crippen LogP contribution in [0.2, 0.25) is 0 Å². The molecule has 4 rings (SSSR count). The number of carbonyl (C=O) groups is 2. The third kappa shape index (κ3) is 5.84. The van der Waals surface area contributed by atoms with Gasteiger partial charge in [-0.15, -0.1) is 0 Å². The van der Waals surface area contributed by atoms with E-state index in [0.717, 1.165) is 30.5 Å². The van der Waals surface area contributed by atoms with Gasteiger partial charge in [0.05, 0.1) is 23.5 Å². The average Bonchev–Trinajstić information content (AvgIpc) is 2.86. The summed E-state index contributed by atoms with van der Waals surface area (Å²) in [6.07, 6.45) is -5.09. The number of amides is 1. The van der Waals surface area contributed by atoms with Crippen LogP contribution in [0.3, 0.4) is 0 Å². The van der Waals surface area contributed by atoms with Gasteiger partial charge in [-0.3, -0.25) is 4.79 Å². The molecule has 11 heteroatoms. The lowest BCUT2D eigenvalue weighted by atomic mass is 9.94. The summed E-state index contributed by atoms with van der Waals surface area (Å²) in [5, 5.41) is 21.8. The molecule has 0 aliphatic carbocycles. The monoisotopic (exact) mass is 558 g/mol. The SMILES string of the molecule is Cc1cc(OCC2CN(C)c3ccccc3O2)cc(C)c1C(=O)Nc1cc(C(C)(O)C(=O)O)ccc1C(F)(F)F. The van der Waals surface area contributed by atoms with E-state index in [1.54, 1.807) is 26.0 Å². The zero-order valence-electron chi connectivity index (χ0n) is 22.3. The highest BCUT2D eigenvalue weighted by Crippen LogP contribution is 2.38. The Morgan fingerprint density at radius 3 is 2.38 bits per heavy atom. The molecule has 40 heavy (non-hydrogen) atoms. The second-order valence-electron chi connectivity index (χ2n) is 9.92. The molecular weight excluding hydrogens is 529 g/mol. The maximum absolute atomic E-state index is 13.7. The lowest BCUT2D eigenvalue weighted by molar-refractivity contribution is -0.157. The predicted molar refractivity (Wildman–Crippen MR) is 142 cm³/mol.